The van der Waals surface area contributed by atoms with E-state index < -0.39 is 0 Å². The zero-order valence-electron chi connectivity index (χ0n) is 11.2. The summed E-state index contributed by atoms with van der Waals surface area (Å²) < 4.78 is 10.6. The van der Waals surface area contributed by atoms with Crippen LogP contribution in [0, 0.1) is 0 Å². The van der Waals surface area contributed by atoms with Crippen LogP contribution in [0.15, 0.2) is 24.3 Å². The molecule has 0 fully saturated rings. The predicted octanol–water partition coefficient (Wildman–Crippen LogP) is 1.21. The van der Waals surface area contributed by atoms with Crippen molar-refractivity contribution in [3.05, 3.63) is 29.8 Å². The lowest BCUT2D eigenvalue weighted by atomic mass is 10.2. The first kappa shape index (κ1) is 15.5. The summed E-state index contributed by atoms with van der Waals surface area (Å²) in [6, 6.07) is 7.16. The highest BCUT2D eigenvalue weighted by molar-refractivity contribution is 5.96. The highest BCUT2D eigenvalue weighted by Gasteiger charge is 2.10. The van der Waals surface area contributed by atoms with Crippen molar-refractivity contribution >= 4 is 5.91 Å². The van der Waals surface area contributed by atoms with Crippen LogP contribution in [0.1, 0.15) is 23.7 Å². The third-order valence-corrected chi connectivity index (χ3v) is 2.36. The van der Waals surface area contributed by atoms with Gasteiger partial charge in [-0.2, -0.15) is 0 Å². The van der Waals surface area contributed by atoms with E-state index in [2.05, 4.69) is 5.32 Å². The maximum Gasteiger partial charge on any atom is 0.255 e. The van der Waals surface area contributed by atoms with Crippen LogP contribution in [0.4, 0.5) is 0 Å². The van der Waals surface area contributed by atoms with E-state index in [1.165, 1.54) is 0 Å². The SMILES string of the molecule is CCCOc1ccccc1C(=O)NCCOCCO. The maximum atomic E-state index is 12.0. The summed E-state index contributed by atoms with van der Waals surface area (Å²) in [6.45, 7) is 3.66. The highest BCUT2D eigenvalue weighted by Crippen LogP contribution is 2.17. The fourth-order valence-corrected chi connectivity index (χ4v) is 1.49. The molecule has 1 aromatic carbocycles. The standard InChI is InChI=1S/C14H21NO4/c1-2-9-19-13-6-4-3-5-12(13)14(17)15-7-10-18-11-8-16/h3-6,16H,2,7-11H2,1H3,(H,15,17). The molecule has 0 bridgehead atoms. The number of carbonyl (C=O) groups is 1. The number of carbonyl (C=O) groups excluding carboxylic acids is 1. The number of rotatable bonds is 9. The second-order valence-corrected chi connectivity index (χ2v) is 3.94. The Kier molecular flexibility index (Phi) is 7.62. The third-order valence-electron chi connectivity index (χ3n) is 2.36. The van der Waals surface area contributed by atoms with Gasteiger partial charge >= 0.3 is 0 Å². The summed E-state index contributed by atoms with van der Waals surface area (Å²) in [5.74, 6) is 0.414. The van der Waals surface area contributed by atoms with Crippen molar-refractivity contribution in [3.8, 4) is 5.75 Å². The van der Waals surface area contributed by atoms with Gasteiger partial charge in [-0.05, 0) is 18.6 Å². The van der Waals surface area contributed by atoms with Gasteiger partial charge in [0.15, 0.2) is 0 Å². The van der Waals surface area contributed by atoms with E-state index in [4.69, 9.17) is 14.6 Å². The largest absolute Gasteiger partial charge is 0.493 e. The second-order valence-electron chi connectivity index (χ2n) is 3.94. The van der Waals surface area contributed by atoms with Crippen LogP contribution in [0.3, 0.4) is 0 Å². The highest BCUT2D eigenvalue weighted by atomic mass is 16.5. The molecule has 2 N–H and O–H groups in total. The molecule has 5 heteroatoms. The normalized spacial score (nSPS) is 10.2. The molecule has 1 amide bonds. The second kappa shape index (κ2) is 9.35. The van der Waals surface area contributed by atoms with E-state index in [1.807, 2.05) is 13.0 Å². The molecule has 1 aromatic rings. The number of ether oxygens (including phenoxy) is 2. The number of para-hydroxylation sites is 1. The molecule has 19 heavy (non-hydrogen) atoms. The fourth-order valence-electron chi connectivity index (χ4n) is 1.49. The van der Waals surface area contributed by atoms with Crippen LogP contribution in [-0.2, 0) is 4.74 Å². The van der Waals surface area contributed by atoms with Crippen LogP contribution in [-0.4, -0.2) is 44.0 Å². The Morgan fingerprint density at radius 3 is 2.79 bits per heavy atom. The number of benzene rings is 1. The minimum atomic E-state index is -0.181. The van der Waals surface area contributed by atoms with Gasteiger partial charge in [0.25, 0.3) is 5.91 Å². The van der Waals surface area contributed by atoms with Crippen molar-refractivity contribution in [1.82, 2.24) is 5.32 Å². The molecule has 0 saturated heterocycles. The predicted molar refractivity (Wildman–Crippen MR) is 72.5 cm³/mol. The fraction of sp³-hybridized carbons (Fsp3) is 0.500. The number of amides is 1. The zero-order chi connectivity index (χ0) is 13.9. The molecule has 0 aliphatic heterocycles. The van der Waals surface area contributed by atoms with Crippen LogP contribution in [0.25, 0.3) is 0 Å². The quantitative estimate of drug-likeness (QED) is 0.660. The van der Waals surface area contributed by atoms with Crippen molar-refractivity contribution in [3.63, 3.8) is 0 Å². The Labute approximate surface area is 113 Å². The van der Waals surface area contributed by atoms with Gasteiger partial charge < -0.3 is 19.9 Å². The van der Waals surface area contributed by atoms with E-state index in [1.54, 1.807) is 18.2 Å². The lowest BCUT2D eigenvalue weighted by Gasteiger charge is -2.11. The molecule has 0 unspecified atom stereocenters. The Hall–Kier alpha value is -1.59. The van der Waals surface area contributed by atoms with Gasteiger partial charge in [-0.15, -0.1) is 0 Å². The average Bonchev–Trinajstić information content (AvgIpc) is 2.45. The van der Waals surface area contributed by atoms with Gasteiger partial charge in [-0.1, -0.05) is 19.1 Å². The smallest absolute Gasteiger partial charge is 0.255 e. The van der Waals surface area contributed by atoms with E-state index in [9.17, 15) is 4.79 Å². The van der Waals surface area contributed by atoms with Crippen LogP contribution in [0.2, 0.25) is 0 Å². The summed E-state index contributed by atoms with van der Waals surface area (Å²) in [5, 5.41) is 11.3. The zero-order valence-corrected chi connectivity index (χ0v) is 11.2. The molecule has 0 spiro atoms. The number of hydrogen-bond donors (Lipinski definition) is 2. The first-order valence-electron chi connectivity index (χ1n) is 6.48. The molecule has 0 aliphatic rings. The van der Waals surface area contributed by atoms with Crippen molar-refractivity contribution in [2.24, 2.45) is 0 Å². The number of nitrogens with one attached hydrogen (secondary N) is 1. The lowest BCUT2D eigenvalue weighted by Crippen LogP contribution is -2.28. The van der Waals surface area contributed by atoms with E-state index >= 15 is 0 Å². The summed E-state index contributed by atoms with van der Waals surface area (Å²) >= 11 is 0. The van der Waals surface area contributed by atoms with Crippen LogP contribution < -0.4 is 10.1 Å². The van der Waals surface area contributed by atoms with Gasteiger partial charge in [0, 0.05) is 6.54 Å². The average molecular weight is 267 g/mol. The molecular weight excluding hydrogens is 246 g/mol. The van der Waals surface area contributed by atoms with Crippen molar-refractivity contribution in [2.45, 2.75) is 13.3 Å². The molecular formula is C14H21NO4. The van der Waals surface area contributed by atoms with Crippen LogP contribution in [0.5, 0.6) is 5.75 Å². The van der Waals surface area contributed by atoms with Crippen molar-refractivity contribution in [1.29, 1.82) is 0 Å². The Bertz CT molecular complexity index is 381. The molecule has 5 nitrogen and oxygen atoms in total. The van der Waals surface area contributed by atoms with Crippen molar-refractivity contribution < 1.29 is 19.4 Å². The summed E-state index contributed by atoms with van der Waals surface area (Å²) in [7, 11) is 0. The van der Waals surface area contributed by atoms with E-state index in [0.29, 0.717) is 31.1 Å². The first-order chi connectivity index (χ1) is 9.29. The van der Waals surface area contributed by atoms with Gasteiger partial charge in [-0.3, -0.25) is 4.79 Å². The van der Waals surface area contributed by atoms with E-state index in [-0.39, 0.29) is 19.1 Å². The molecule has 0 atom stereocenters. The molecule has 0 aliphatic carbocycles. The monoisotopic (exact) mass is 267 g/mol. The minimum Gasteiger partial charge on any atom is -0.493 e. The number of aliphatic hydroxyl groups excluding tert-OH is 1. The topological polar surface area (TPSA) is 67.8 Å². The maximum absolute atomic E-state index is 12.0. The van der Waals surface area contributed by atoms with Gasteiger partial charge in [-0.25, -0.2) is 0 Å². The number of aliphatic hydroxyl groups is 1. The molecule has 1 rings (SSSR count). The molecule has 0 aromatic heterocycles. The summed E-state index contributed by atoms with van der Waals surface area (Å²) in [5.41, 5.74) is 0.526. The Morgan fingerprint density at radius 2 is 2.05 bits per heavy atom. The van der Waals surface area contributed by atoms with Gasteiger partial charge in [0.1, 0.15) is 5.75 Å². The summed E-state index contributed by atoms with van der Waals surface area (Å²) in [4.78, 5) is 12.0. The van der Waals surface area contributed by atoms with Gasteiger partial charge in [0.2, 0.25) is 0 Å². The Balaban J connectivity index is 2.46. The molecule has 106 valence electrons. The van der Waals surface area contributed by atoms with Gasteiger partial charge in [0.05, 0.1) is 32.0 Å². The minimum absolute atomic E-state index is 0.0123. The Morgan fingerprint density at radius 1 is 1.26 bits per heavy atom. The van der Waals surface area contributed by atoms with E-state index in [0.717, 1.165) is 6.42 Å². The summed E-state index contributed by atoms with van der Waals surface area (Å²) in [6.07, 6.45) is 0.894. The molecule has 0 radical (unpaired) electrons. The van der Waals surface area contributed by atoms with Crippen molar-refractivity contribution in [2.75, 3.05) is 33.0 Å². The third kappa shape index (κ3) is 5.72. The number of hydrogen-bond acceptors (Lipinski definition) is 4. The molecule has 0 saturated carbocycles. The lowest BCUT2D eigenvalue weighted by molar-refractivity contribution is 0.0836. The molecule has 0 heterocycles. The first-order valence-corrected chi connectivity index (χ1v) is 6.48. The van der Waals surface area contributed by atoms with Crippen LogP contribution >= 0.6 is 0 Å².